The van der Waals surface area contributed by atoms with Crippen molar-refractivity contribution in [2.45, 2.75) is 25.0 Å². The molecule has 2 unspecified atom stereocenters. The first-order valence-electron chi connectivity index (χ1n) is 10.1. The van der Waals surface area contributed by atoms with E-state index in [1.54, 1.807) is 24.1 Å². The van der Waals surface area contributed by atoms with E-state index in [0.717, 1.165) is 22.6 Å². The first-order valence-corrected chi connectivity index (χ1v) is 10.1. The first kappa shape index (κ1) is 20.0. The molecule has 3 atom stereocenters. The Labute approximate surface area is 176 Å². The molecule has 1 fully saturated rings. The minimum Gasteiger partial charge on any atom is -0.508 e. The van der Waals surface area contributed by atoms with Crippen LogP contribution >= 0.6 is 0 Å². The average molecular weight is 403 g/mol. The normalized spacial score (nSPS) is 19.3. The van der Waals surface area contributed by atoms with Crippen LogP contribution in [0.25, 0.3) is 0 Å². The number of ether oxygens (including phenoxy) is 1. The first-order chi connectivity index (χ1) is 14.6. The van der Waals surface area contributed by atoms with E-state index in [1.165, 1.54) is 0 Å². The summed E-state index contributed by atoms with van der Waals surface area (Å²) in [5.41, 5.74) is 2.62. The van der Waals surface area contributed by atoms with E-state index >= 15 is 0 Å². The predicted octanol–water partition coefficient (Wildman–Crippen LogP) is 4.62. The van der Waals surface area contributed by atoms with E-state index in [4.69, 9.17) is 4.74 Å². The Morgan fingerprint density at radius 2 is 1.63 bits per heavy atom. The summed E-state index contributed by atoms with van der Waals surface area (Å²) in [5.74, 6) is 0.736. The molecule has 1 saturated heterocycles. The van der Waals surface area contributed by atoms with Crippen molar-refractivity contribution in [3.8, 4) is 11.5 Å². The van der Waals surface area contributed by atoms with Gasteiger partial charge in [0.25, 0.3) is 0 Å². The number of phenolic OH excluding ortho intramolecular Hbond substituents is 1. The van der Waals surface area contributed by atoms with Gasteiger partial charge in [-0.25, -0.2) is 0 Å². The molecule has 0 bridgehead atoms. The second-order valence-corrected chi connectivity index (χ2v) is 7.55. The maximum absolute atomic E-state index is 13.1. The Hall–Kier alpha value is -3.31. The fourth-order valence-electron chi connectivity index (χ4n) is 4.09. The van der Waals surface area contributed by atoms with Crippen molar-refractivity contribution in [3.05, 3.63) is 90.0 Å². The Kier molecular flexibility index (Phi) is 5.72. The second kappa shape index (κ2) is 8.59. The molecular weight excluding hydrogens is 378 g/mol. The number of aliphatic hydroxyl groups is 1. The van der Waals surface area contributed by atoms with E-state index in [-0.39, 0.29) is 23.6 Å². The summed E-state index contributed by atoms with van der Waals surface area (Å²) in [6.45, 7) is 0. The van der Waals surface area contributed by atoms with Crippen LogP contribution in [0.5, 0.6) is 11.5 Å². The molecule has 0 radical (unpaired) electrons. The van der Waals surface area contributed by atoms with Crippen LogP contribution in [-0.2, 0) is 4.79 Å². The van der Waals surface area contributed by atoms with Gasteiger partial charge in [0, 0.05) is 5.69 Å². The highest BCUT2D eigenvalue weighted by Crippen LogP contribution is 2.46. The van der Waals surface area contributed by atoms with Gasteiger partial charge in [-0.05, 0) is 60.4 Å². The maximum atomic E-state index is 13.1. The third-order valence-corrected chi connectivity index (χ3v) is 5.73. The number of methoxy groups -OCH3 is 1. The fourth-order valence-corrected chi connectivity index (χ4v) is 4.09. The number of β-lactam (4-membered cyclic amide) rings is 1. The largest absolute Gasteiger partial charge is 0.508 e. The Morgan fingerprint density at radius 1 is 0.967 bits per heavy atom. The minimum absolute atomic E-state index is 0.0403. The number of hydrogen-bond acceptors (Lipinski definition) is 4. The van der Waals surface area contributed by atoms with Crippen molar-refractivity contribution in [1.82, 2.24) is 0 Å². The van der Waals surface area contributed by atoms with Gasteiger partial charge in [0.1, 0.15) is 11.5 Å². The van der Waals surface area contributed by atoms with Gasteiger partial charge >= 0.3 is 0 Å². The van der Waals surface area contributed by atoms with Crippen molar-refractivity contribution in [3.63, 3.8) is 0 Å². The van der Waals surface area contributed by atoms with E-state index < -0.39 is 6.10 Å². The van der Waals surface area contributed by atoms with Gasteiger partial charge < -0.3 is 19.8 Å². The lowest BCUT2D eigenvalue weighted by molar-refractivity contribution is -0.131. The molecular formula is C25H25NO4. The molecule has 0 spiro atoms. The molecule has 2 N–H and O–H groups in total. The van der Waals surface area contributed by atoms with Gasteiger partial charge in [0.2, 0.25) is 5.91 Å². The van der Waals surface area contributed by atoms with Gasteiger partial charge in [-0.2, -0.15) is 0 Å². The van der Waals surface area contributed by atoms with E-state index in [9.17, 15) is 15.0 Å². The van der Waals surface area contributed by atoms with Crippen LogP contribution in [0.15, 0.2) is 78.9 Å². The number of carbonyl (C=O) groups is 1. The lowest BCUT2D eigenvalue weighted by atomic mass is 9.78. The van der Waals surface area contributed by atoms with Crippen molar-refractivity contribution in [2.24, 2.45) is 5.92 Å². The molecule has 4 rings (SSSR count). The molecule has 1 heterocycles. The number of rotatable bonds is 7. The number of anilines is 1. The summed E-state index contributed by atoms with van der Waals surface area (Å²) < 4.78 is 5.22. The van der Waals surface area contributed by atoms with Crippen LogP contribution in [0, 0.1) is 5.92 Å². The molecule has 0 aromatic heterocycles. The molecule has 5 nitrogen and oxygen atoms in total. The lowest BCUT2D eigenvalue weighted by Crippen LogP contribution is -2.55. The summed E-state index contributed by atoms with van der Waals surface area (Å²) in [6, 6.07) is 23.8. The quantitative estimate of drug-likeness (QED) is 0.565. The molecule has 30 heavy (non-hydrogen) atoms. The Morgan fingerprint density at radius 3 is 2.27 bits per heavy atom. The third-order valence-electron chi connectivity index (χ3n) is 5.73. The highest BCUT2D eigenvalue weighted by atomic mass is 16.5. The van der Waals surface area contributed by atoms with Crippen LogP contribution < -0.4 is 9.64 Å². The SMILES string of the molecule is COc1ccc(N2C(=O)C(CC[C@@H](O)c3ccccc3)C2c2ccc(O)cc2)cc1. The van der Waals surface area contributed by atoms with Crippen LogP contribution in [0.1, 0.15) is 36.1 Å². The van der Waals surface area contributed by atoms with Crippen LogP contribution in [0.3, 0.4) is 0 Å². The average Bonchev–Trinajstić information content (AvgIpc) is 2.79. The number of benzene rings is 3. The lowest BCUT2D eigenvalue weighted by Gasteiger charge is -2.48. The molecule has 0 aliphatic carbocycles. The van der Waals surface area contributed by atoms with E-state index in [0.29, 0.717) is 12.8 Å². The fraction of sp³-hybridized carbons (Fsp3) is 0.240. The second-order valence-electron chi connectivity index (χ2n) is 7.55. The topological polar surface area (TPSA) is 70.0 Å². The molecule has 3 aromatic rings. The predicted molar refractivity (Wildman–Crippen MR) is 115 cm³/mol. The Balaban J connectivity index is 1.56. The molecule has 5 heteroatoms. The highest BCUT2D eigenvalue weighted by molar-refractivity contribution is 6.03. The Bertz CT molecular complexity index is 986. The summed E-state index contributed by atoms with van der Waals surface area (Å²) in [4.78, 5) is 14.9. The summed E-state index contributed by atoms with van der Waals surface area (Å²) in [7, 11) is 1.61. The number of hydrogen-bond donors (Lipinski definition) is 2. The molecule has 154 valence electrons. The number of phenols is 1. The number of nitrogens with zero attached hydrogens (tertiary/aromatic N) is 1. The zero-order chi connectivity index (χ0) is 21.1. The molecule has 0 saturated carbocycles. The molecule has 1 aliphatic heterocycles. The number of aliphatic hydroxyl groups excluding tert-OH is 1. The van der Waals surface area contributed by atoms with Crippen LogP contribution in [-0.4, -0.2) is 23.2 Å². The highest BCUT2D eigenvalue weighted by Gasteiger charge is 2.48. The van der Waals surface area contributed by atoms with Gasteiger partial charge in [0.15, 0.2) is 0 Å². The summed E-state index contributed by atoms with van der Waals surface area (Å²) >= 11 is 0. The third kappa shape index (κ3) is 3.89. The monoisotopic (exact) mass is 403 g/mol. The van der Waals surface area contributed by atoms with Crippen molar-refractivity contribution < 1.29 is 19.7 Å². The zero-order valence-electron chi connectivity index (χ0n) is 16.8. The standard InChI is InChI=1S/C25H25NO4/c1-30-21-13-9-19(10-14-21)26-24(18-7-11-20(27)12-8-18)22(25(26)29)15-16-23(28)17-5-3-2-4-6-17/h2-14,22-24,27-28H,15-16H2,1H3/t22?,23-,24?/m1/s1. The molecule has 1 amide bonds. The van der Waals surface area contributed by atoms with E-state index in [2.05, 4.69) is 0 Å². The zero-order valence-corrected chi connectivity index (χ0v) is 16.8. The van der Waals surface area contributed by atoms with Crippen LogP contribution in [0.4, 0.5) is 5.69 Å². The summed E-state index contributed by atoms with van der Waals surface area (Å²) in [6.07, 6.45) is 0.480. The van der Waals surface area contributed by atoms with Crippen molar-refractivity contribution in [2.75, 3.05) is 12.0 Å². The van der Waals surface area contributed by atoms with Gasteiger partial charge in [0.05, 0.1) is 25.2 Å². The van der Waals surface area contributed by atoms with Crippen molar-refractivity contribution >= 4 is 11.6 Å². The molecule has 1 aliphatic rings. The van der Waals surface area contributed by atoms with Crippen molar-refractivity contribution in [1.29, 1.82) is 0 Å². The van der Waals surface area contributed by atoms with Gasteiger partial charge in [-0.1, -0.05) is 42.5 Å². The van der Waals surface area contributed by atoms with E-state index in [1.807, 2.05) is 66.7 Å². The number of aromatic hydroxyl groups is 1. The summed E-state index contributed by atoms with van der Waals surface area (Å²) in [5, 5.41) is 20.2. The number of carbonyl (C=O) groups excluding carboxylic acids is 1. The number of amides is 1. The van der Waals surface area contributed by atoms with Gasteiger partial charge in [-0.15, -0.1) is 0 Å². The molecule has 3 aromatic carbocycles. The minimum atomic E-state index is -0.602. The van der Waals surface area contributed by atoms with Crippen LogP contribution in [0.2, 0.25) is 0 Å². The smallest absolute Gasteiger partial charge is 0.233 e. The maximum Gasteiger partial charge on any atom is 0.233 e. The van der Waals surface area contributed by atoms with Gasteiger partial charge in [-0.3, -0.25) is 4.79 Å².